The normalized spacial score (nSPS) is 11.4. The zero-order chi connectivity index (χ0) is 21.7. The van der Waals surface area contributed by atoms with Crippen LogP contribution in [0.5, 0.6) is 0 Å². The van der Waals surface area contributed by atoms with Crippen molar-refractivity contribution in [1.82, 2.24) is 9.97 Å². The smallest absolute Gasteiger partial charge is 0.354 e. The van der Waals surface area contributed by atoms with Crippen LogP contribution in [-0.4, -0.2) is 33.6 Å². The molecule has 0 aliphatic carbocycles. The summed E-state index contributed by atoms with van der Waals surface area (Å²) in [6.45, 7) is 5.95. The number of fused-ring (bicyclic) bond motifs is 2. The number of hydrogen-bond acceptors (Lipinski definition) is 5. The molecule has 4 rings (SSSR count). The predicted molar refractivity (Wildman–Crippen MR) is 113 cm³/mol. The fourth-order valence-corrected chi connectivity index (χ4v) is 2.90. The molecule has 156 valence electrons. The molecule has 0 fully saturated rings. The van der Waals surface area contributed by atoms with Crippen LogP contribution >= 0.6 is 0 Å². The molecule has 0 aliphatic heterocycles. The van der Waals surface area contributed by atoms with Crippen molar-refractivity contribution in [3.05, 3.63) is 59.3 Å². The minimum atomic E-state index is -0.983. The van der Waals surface area contributed by atoms with E-state index in [4.69, 9.17) is 18.7 Å². The molecule has 4 aromatic rings. The van der Waals surface area contributed by atoms with Gasteiger partial charge >= 0.3 is 11.9 Å². The maximum absolute atomic E-state index is 11.5. The average molecular weight is 410 g/mol. The molecule has 0 aliphatic rings. The number of ether oxygens (including phenoxy) is 1. The standard InChI is InChI=1S/C12H13NO3.C10H9NO3/c1-3-5-8-7-16-10-6-9(13-11(8)10)12(14)15-4-2;1-2-3-6-5-14-8-4-7(10(12)13)11-9(6)8/h3,5-7,13H,4H2,1-2H3;2-5,11H,1H3,(H,12,13)/b5-3-;3-2-. The molecule has 0 amide bonds. The Labute approximate surface area is 171 Å². The highest BCUT2D eigenvalue weighted by atomic mass is 16.5. The highest BCUT2D eigenvalue weighted by Crippen LogP contribution is 2.24. The van der Waals surface area contributed by atoms with Gasteiger partial charge in [-0.2, -0.15) is 0 Å². The van der Waals surface area contributed by atoms with Crippen LogP contribution in [0.1, 0.15) is 52.9 Å². The van der Waals surface area contributed by atoms with E-state index in [0.717, 1.165) is 22.2 Å². The maximum Gasteiger partial charge on any atom is 0.354 e. The highest BCUT2D eigenvalue weighted by Gasteiger charge is 2.14. The van der Waals surface area contributed by atoms with E-state index < -0.39 is 5.97 Å². The highest BCUT2D eigenvalue weighted by molar-refractivity contribution is 5.96. The summed E-state index contributed by atoms with van der Waals surface area (Å²) < 4.78 is 15.4. The van der Waals surface area contributed by atoms with Crippen LogP contribution in [0.4, 0.5) is 0 Å². The molecule has 0 unspecified atom stereocenters. The Morgan fingerprint density at radius 2 is 1.47 bits per heavy atom. The first-order valence-corrected chi connectivity index (χ1v) is 9.34. The van der Waals surface area contributed by atoms with Crippen molar-refractivity contribution in [2.75, 3.05) is 6.61 Å². The van der Waals surface area contributed by atoms with Crippen LogP contribution in [0.25, 0.3) is 34.4 Å². The van der Waals surface area contributed by atoms with Crippen molar-refractivity contribution in [3.8, 4) is 0 Å². The molecular formula is C22H22N2O6. The number of furan rings is 2. The summed E-state index contributed by atoms with van der Waals surface area (Å²) in [5.41, 5.74) is 5.11. The van der Waals surface area contributed by atoms with Gasteiger partial charge in [-0.05, 0) is 20.8 Å². The predicted octanol–water partition coefficient (Wildman–Crippen LogP) is 5.46. The first-order chi connectivity index (χ1) is 14.5. The number of carboxylic acids is 1. The fourth-order valence-electron chi connectivity index (χ4n) is 2.90. The van der Waals surface area contributed by atoms with Crippen LogP contribution in [-0.2, 0) is 4.74 Å². The van der Waals surface area contributed by atoms with Crippen molar-refractivity contribution in [1.29, 1.82) is 0 Å². The molecule has 0 atom stereocenters. The van der Waals surface area contributed by atoms with E-state index in [1.165, 1.54) is 6.07 Å². The van der Waals surface area contributed by atoms with Crippen molar-refractivity contribution < 1.29 is 28.3 Å². The van der Waals surface area contributed by atoms with Gasteiger partial charge in [-0.15, -0.1) is 0 Å². The van der Waals surface area contributed by atoms with Crippen LogP contribution in [0, 0.1) is 0 Å². The van der Waals surface area contributed by atoms with E-state index in [9.17, 15) is 9.59 Å². The second-order valence-electron chi connectivity index (χ2n) is 6.25. The zero-order valence-electron chi connectivity index (χ0n) is 16.8. The van der Waals surface area contributed by atoms with Gasteiger partial charge < -0.3 is 28.6 Å². The summed E-state index contributed by atoms with van der Waals surface area (Å²) in [6.07, 6.45) is 10.8. The van der Waals surface area contributed by atoms with Gasteiger partial charge in [-0.3, -0.25) is 0 Å². The molecule has 0 bridgehead atoms. The van der Waals surface area contributed by atoms with Gasteiger partial charge in [-0.1, -0.05) is 24.3 Å². The van der Waals surface area contributed by atoms with E-state index in [2.05, 4.69) is 9.97 Å². The summed E-state index contributed by atoms with van der Waals surface area (Å²) in [4.78, 5) is 27.9. The van der Waals surface area contributed by atoms with Crippen molar-refractivity contribution in [2.45, 2.75) is 20.8 Å². The number of H-pyrrole nitrogens is 2. The number of allylic oxidation sites excluding steroid dienone is 2. The minimum absolute atomic E-state index is 0.144. The van der Waals surface area contributed by atoms with Crippen molar-refractivity contribution in [2.24, 2.45) is 0 Å². The number of hydrogen-bond donors (Lipinski definition) is 3. The topological polar surface area (TPSA) is 121 Å². The Bertz CT molecular complexity index is 1230. The van der Waals surface area contributed by atoms with Gasteiger partial charge in [0.05, 0.1) is 17.6 Å². The Hall–Kier alpha value is -3.94. The third-order valence-electron chi connectivity index (χ3n) is 4.18. The lowest BCUT2D eigenvalue weighted by Gasteiger charge is -1.97. The van der Waals surface area contributed by atoms with E-state index in [1.54, 1.807) is 25.5 Å². The van der Waals surface area contributed by atoms with Crippen molar-refractivity contribution in [3.63, 3.8) is 0 Å². The number of aromatic nitrogens is 2. The third kappa shape index (κ3) is 4.22. The fraction of sp³-hybridized carbons (Fsp3) is 0.182. The number of nitrogens with one attached hydrogen (secondary N) is 2. The average Bonchev–Trinajstić information content (AvgIpc) is 3.46. The van der Waals surface area contributed by atoms with E-state index in [0.29, 0.717) is 23.5 Å². The molecule has 0 saturated carbocycles. The molecule has 8 heteroatoms. The number of aromatic carboxylic acids is 1. The van der Waals surface area contributed by atoms with Crippen LogP contribution in [0.3, 0.4) is 0 Å². The number of aromatic amines is 2. The molecule has 0 saturated heterocycles. The van der Waals surface area contributed by atoms with Gasteiger partial charge in [0, 0.05) is 23.3 Å². The Balaban J connectivity index is 0.000000172. The molecule has 8 nitrogen and oxygen atoms in total. The molecule has 30 heavy (non-hydrogen) atoms. The van der Waals surface area contributed by atoms with E-state index in [-0.39, 0.29) is 11.7 Å². The first kappa shape index (κ1) is 20.8. The van der Waals surface area contributed by atoms with Gasteiger partial charge in [0.1, 0.15) is 23.9 Å². The minimum Gasteiger partial charge on any atom is -0.477 e. The largest absolute Gasteiger partial charge is 0.477 e. The maximum atomic E-state index is 11.5. The molecule has 3 N–H and O–H groups in total. The van der Waals surface area contributed by atoms with Crippen LogP contribution in [0.15, 0.2) is 45.6 Å². The molecule has 0 aromatic carbocycles. The summed E-state index contributed by atoms with van der Waals surface area (Å²) in [5, 5.41) is 8.73. The molecule has 0 spiro atoms. The lowest BCUT2D eigenvalue weighted by atomic mass is 10.3. The first-order valence-electron chi connectivity index (χ1n) is 9.34. The SMILES string of the molecule is C/C=C\c1coc2cc(C(=O)O)[nH]c12.C/C=C\c1coc2cc(C(=O)OCC)[nH]c12. The van der Waals surface area contributed by atoms with Crippen LogP contribution < -0.4 is 0 Å². The van der Waals surface area contributed by atoms with Gasteiger partial charge in [0.25, 0.3) is 0 Å². The van der Waals surface area contributed by atoms with Crippen LogP contribution in [0.2, 0.25) is 0 Å². The summed E-state index contributed by atoms with van der Waals surface area (Å²) in [5.74, 6) is -1.34. The van der Waals surface area contributed by atoms with E-state index in [1.807, 2.05) is 38.2 Å². The Morgan fingerprint density at radius 3 is 1.93 bits per heavy atom. The second kappa shape index (κ2) is 9.04. The molecular weight excluding hydrogens is 388 g/mol. The van der Waals surface area contributed by atoms with Gasteiger partial charge in [-0.25, -0.2) is 9.59 Å². The number of carboxylic acid groups (broad SMARTS) is 1. The second-order valence-corrected chi connectivity index (χ2v) is 6.25. The summed E-state index contributed by atoms with van der Waals surface area (Å²) >= 11 is 0. The molecule has 4 heterocycles. The Morgan fingerprint density at radius 1 is 0.967 bits per heavy atom. The number of carbonyl (C=O) groups excluding carboxylic acids is 1. The van der Waals surface area contributed by atoms with Gasteiger partial charge in [0.15, 0.2) is 11.2 Å². The summed E-state index contributed by atoms with van der Waals surface area (Å²) in [6, 6.07) is 3.13. The molecule has 0 radical (unpaired) electrons. The van der Waals surface area contributed by atoms with Crippen molar-refractivity contribution >= 4 is 46.3 Å². The van der Waals surface area contributed by atoms with E-state index >= 15 is 0 Å². The number of esters is 1. The number of carbonyl (C=O) groups is 2. The Kier molecular flexibility index (Phi) is 6.26. The lowest BCUT2D eigenvalue weighted by molar-refractivity contribution is 0.0520. The van der Waals surface area contributed by atoms with Gasteiger partial charge in [0.2, 0.25) is 0 Å². The number of rotatable bonds is 5. The lowest BCUT2D eigenvalue weighted by Crippen LogP contribution is -2.04. The monoisotopic (exact) mass is 410 g/mol. The third-order valence-corrected chi connectivity index (χ3v) is 4.18. The molecule has 4 aromatic heterocycles. The zero-order valence-corrected chi connectivity index (χ0v) is 16.8. The quantitative estimate of drug-likeness (QED) is 0.375. The summed E-state index contributed by atoms with van der Waals surface area (Å²) in [7, 11) is 0.